The first-order chi connectivity index (χ1) is 36.1. The summed E-state index contributed by atoms with van der Waals surface area (Å²) in [6, 6.07) is 17.6. The van der Waals surface area contributed by atoms with Crippen molar-refractivity contribution in [3.8, 4) is 10.4 Å². The number of unbranched alkanes of at least 4 members (excludes halogenated alkanes) is 1. The van der Waals surface area contributed by atoms with Crippen molar-refractivity contribution < 1.29 is 43.3 Å². The Morgan fingerprint density at radius 2 is 1.57 bits per heavy atom. The molecule has 18 heteroatoms. The second kappa shape index (κ2) is 27.4. The molecule has 5 heterocycles. The Morgan fingerprint density at radius 3 is 2.24 bits per heavy atom. The highest BCUT2D eigenvalue weighted by atomic mass is 32.1. The molecular formula is C57H74N8O9S. The van der Waals surface area contributed by atoms with Crippen molar-refractivity contribution in [3.63, 3.8) is 0 Å². The zero-order valence-corrected chi connectivity index (χ0v) is 44.7. The van der Waals surface area contributed by atoms with Gasteiger partial charge in [-0.3, -0.25) is 33.8 Å². The van der Waals surface area contributed by atoms with E-state index < -0.39 is 35.4 Å². The smallest absolute Gasteiger partial charge is 0.253 e. The van der Waals surface area contributed by atoms with Crippen LogP contribution in [0.3, 0.4) is 0 Å². The van der Waals surface area contributed by atoms with Crippen molar-refractivity contribution in [3.05, 3.63) is 113 Å². The lowest BCUT2D eigenvalue weighted by molar-refractivity contribution is -0.144. The number of β-amino-alcohol motifs (C(OH)–C–C–N with tert-alkyl or cyclic N) is 1. The van der Waals surface area contributed by atoms with Gasteiger partial charge in [0.2, 0.25) is 29.5 Å². The Morgan fingerprint density at radius 1 is 0.867 bits per heavy atom. The first-order valence-corrected chi connectivity index (χ1v) is 27.2. The fourth-order valence-corrected chi connectivity index (χ4v) is 10.8. The maximum atomic E-state index is 14.0. The number of aliphatic hydroxyl groups is 1. The van der Waals surface area contributed by atoms with Gasteiger partial charge in [0.25, 0.3) is 5.91 Å². The summed E-state index contributed by atoms with van der Waals surface area (Å²) in [5.74, 6) is -0.678. The number of carbonyl (C=O) groups is 6. The Labute approximate surface area is 444 Å². The Hall–Kier alpha value is -6.34. The fourth-order valence-electron chi connectivity index (χ4n) is 9.96. The minimum Gasteiger partial charge on any atom is -0.391 e. The standard InChI is InChI=1S/C57H74N8O9S/c1-39-52(75-38-61-39)45-13-10-42(11-14-45)34-60-54(70)48-32-47(66)35-65(48)56(72)53(57(2,3)4)62-50(68)36-73-30-31-74-37-51(69)63-28-22-44(23-29-63)43-15-17-46(18-16-43)55(71)64-26-20-40(21-27-64)8-5-6-25-59-49(67)19-12-41-9-7-24-58-33-41/h7,9-19,24,33,38,40,44,47-48,53,66H,5-6,8,20-23,25-32,34-37H2,1-4H3,(H,59,67)(H,60,70)(H,62,68)/b19-12+/t47-,48+,53-/m1/s1. The monoisotopic (exact) mass is 1050 g/mol. The molecule has 2 aromatic heterocycles. The number of piperidine rings is 2. The number of aromatic nitrogens is 2. The molecule has 0 radical (unpaired) electrons. The number of hydrogen-bond donors (Lipinski definition) is 4. The molecule has 3 aliphatic heterocycles. The molecule has 0 aliphatic carbocycles. The fraction of sp³-hybridized carbons (Fsp3) is 0.509. The summed E-state index contributed by atoms with van der Waals surface area (Å²) < 4.78 is 11.2. The first-order valence-electron chi connectivity index (χ1n) is 26.4. The molecule has 4 aromatic rings. The maximum absolute atomic E-state index is 14.0. The Balaban J connectivity index is 0.740. The van der Waals surface area contributed by atoms with E-state index in [1.165, 1.54) is 11.0 Å². The Bertz CT molecular complexity index is 2550. The summed E-state index contributed by atoms with van der Waals surface area (Å²) >= 11 is 1.57. The van der Waals surface area contributed by atoms with Crippen molar-refractivity contribution in [2.45, 2.75) is 110 Å². The van der Waals surface area contributed by atoms with E-state index in [0.717, 1.165) is 90.9 Å². The Kier molecular flexibility index (Phi) is 20.6. The molecule has 0 spiro atoms. The molecule has 4 N–H and O–H groups in total. The van der Waals surface area contributed by atoms with Crippen molar-refractivity contribution in [1.29, 1.82) is 0 Å². The molecule has 3 fully saturated rings. The van der Waals surface area contributed by atoms with E-state index in [-0.39, 0.29) is 75.5 Å². The van der Waals surface area contributed by atoms with Gasteiger partial charge in [0, 0.05) is 76.3 Å². The number of nitrogens with zero attached hydrogens (tertiary/aromatic N) is 5. The van der Waals surface area contributed by atoms with Gasteiger partial charge in [-0.1, -0.05) is 76.1 Å². The molecule has 3 saturated heterocycles. The zero-order chi connectivity index (χ0) is 53.3. The van der Waals surface area contributed by atoms with Crippen molar-refractivity contribution in [2.24, 2.45) is 11.3 Å². The number of amides is 6. The van der Waals surface area contributed by atoms with Gasteiger partial charge in [-0.25, -0.2) is 4.98 Å². The van der Waals surface area contributed by atoms with Crippen LogP contribution >= 0.6 is 11.3 Å². The maximum Gasteiger partial charge on any atom is 0.253 e. The molecule has 75 heavy (non-hydrogen) atoms. The van der Waals surface area contributed by atoms with E-state index in [1.54, 1.807) is 34.7 Å². The van der Waals surface area contributed by atoms with Gasteiger partial charge >= 0.3 is 0 Å². The van der Waals surface area contributed by atoms with E-state index in [1.807, 2.05) is 98.8 Å². The highest BCUT2D eigenvalue weighted by Gasteiger charge is 2.44. The number of aliphatic hydroxyl groups excluding tert-OH is 1. The predicted octanol–water partition coefficient (Wildman–Crippen LogP) is 5.91. The molecule has 0 bridgehead atoms. The van der Waals surface area contributed by atoms with Crippen LogP contribution in [0.25, 0.3) is 16.5 Å². The third-order valence-corrected chi connectivity index (χ3v) is 15.3. The van der Waals surface area contributed by atoms with Crippen LogP contribution in [-0.2, 0) is 40.0 Å². The van der Waals surface area contributed by atoms with E-state index >= 15 is 0 Å². The first kappa shape index (κ1) is 56.4. The van der Waals surface area contributed by atoms with Crippen LogP contribution in [0, 0.1) is 18.3 Å². The molecule has 402 valence electrons. The van der Waals surface area contributed by atoms with E-state index in [9.17, 15) is 33.9 Å². The topological polar surface area (TPSA) is 213 Å². The van der Waals surface area contributed by atoms with Gasteiger partial charge in [-0.2, -0.15) is 0 Å². The van der Waals surface area contributed by atoms with Gasteiger partial charge in [0.1, 0.15) is 25.3 Å². The molecule has 3 atom stereocenters. The van der Waals surface area contributed by atoms with Crippen LogP contribution in [0.2, 0.25) is 0 Å². The number of rotatable bonds is 22. The highest BCUT2D eigenvalue weighted by Crippen LogP contribution is 2.31. The molecule has 2 aromatic carbocycles. The predicted molar refractivity (Wildman–Crippen MR) is 287 cm³/mol. The molecular weight excluding hydrogens is 973 g/mol. The number of ether oxygens (including phenoxy) is 2. The lowest BCUT2D eigenvalue weighted by atomic mass is 9.85. The number of hydrogen-bond acceptors (Lipinski definition) is 12. The summed E-state index contributed by atoms with van der Waals surface area (Å²) in [5.41, 5.74) is 6.70. The lowest BCUT2D eigenvalue weighted by Crippen LogP contribution is -2.58. The third kappa shape index (κ3) is 16.6. The number of benzene rings is 2. The second-order valence-electron chi connectivity index (χ2n) is 21.0. The quantitative estimate of drug-likeness (QED) is 0.0537. The molecule has 6 amide bonds. The zero-order valence-electron chi connectivity index (χ0n) is 43.8. The van der Waals surface area contributed by atoms with Gasteiger partial charge in [-0.15, -0.1) is 11.3 Å². The van der Waals surface area contributed by atoms with Crippen LogP contribution in [0.1, 0.15) is 111 Å². The van der Waals surface area contributed by atoms with Crippen molar-refractivity contribution >= 4 is 52.9 Å². The average molecular weight is 1050 g/mol. The third-order valence-electron chi connectivity index (χ3n) is 14.4. The number of carbonyl (C=O) groups excluding carboxylic acids is 6. The largest absolute Gasteiger partial charge is 0.391 e. The highest BCUT2D eigenvalue weighted by molar-refractivity contribution is 7.13. The summed E-state index contributed by atoms with van der Waals surface area (Å²) in [7, 11) is 0. The average Bonchev–Trinajstić information content (AvgIpc) is 4.04. The second-order valence-corrected chi connectivity index (χ2v) is 21.8. The normalized spacial score (nSPS) is 18.0. The minimum absolute atomic E-state index is 0.0346. The minimum atomic E-state index is -0.998. The van der Waals surface area contributed by atoms with Crippen LogP contribution in [0.5, 0.6) is 0 Å². The van der Waals surface area contributed by atoms with E-state index in [2.05, 4.69) is 25.9 Å². The van der Waals surface area contributed by atoms with Crippen molar-refractivity contribution in [1.82, 2.24) is 40.6 Å². The summed E-state index contributed by atoms with van der Waals surface area (Å²) in [5, 5.41) is 19.2. The summed E-state index contributed by atoms with van der Waals surface area (Å²) in [6.45, 7) is 10.6. The van der Waals surface area contributed by atoms with Crippen LogP contribution in [0.15, 0.2) is 84.6 Å². The van der Waals surface area contributed by atoms with Crippen LogP contribution in [0.4, 0.5) is 0 Å². The molecule has 0 saturated carbocycles. The summed E-state index contributed by atoms with van der Waals surface area (Å²) in [4.78, 5) is 93.7. The van der Waals surface area contributed by atoms with Crippen LogP contribution in [-0.4, -0.2) is 149 Å². The molecule has 17 nitrogen and oxygen atoms in total. The van der Waals surface area contributed by atoms with Crippen molar-refractivity contribution in [2.75, 3.05) is 65.7 Å². The van der Waals surface area contributed by atoms with Gasteiger partial charge in [0.05, 0.1) is 35.4 Å². The lowest BCUT2D eigenvalue weighted by Gasteiger charge is -2.35. The molecule has 7 rings (SSSR count). The SMILES string of the molecule is Cc1ncsc1-c1ccc(CNC(=O)[C@@H]2C[C@@H](O)CN2C(=O)[C@@H](NC(=O)COCCOCC(=O)N2CCC(c3ccc(C(=O)N4CCC(CCCCNC(=O)/C=C/c5cccnc5)CC4)cc3)CC2)C(C)(C)C)cc1. The van der Waals surface area contributed by atoms with E-state index in [0.29, 0.717) is 31.1 Å². The number of thiazole rings is 1. The molecule has 3 aliphatic rings. The summed E-state index contributed by atoms with van der Waals surface area (Å²) in [6.07, 6.45) is 12.5. The van der Waals surface area contributed by atoms with Crippen LogP contribution < -0.4 is 16.0 Å². The van der Waals surface area contributed by atoms with Gasteiger partial charge < -0.3 is 45.2 Å². The van der Waals surface area contributed by atoms with E-state index in [4.69, 9.17) is 9.47 Å². The molecule has 0 unspecified atom stereocenters. The number of nitrogens with one attached hydrogen (secondary N) is 3. The van der Waals surface area contributed by atoms with Gasteiger partial charge in [0.15, 0.2) is 0 Å². The number of pyridine rings is 1. The number of likely N-dealkylation sites (tertiary alicyclic amines) is 3. The number of aryl methyl sites for hydroxylation is 1. The van der Waals surface area contributed by atoms with Gasteiger partial charge in [-0.05, 0) is 103 Å².